The second kappa shape index (κ2) is 10.5. The standard InChI is InChI=1S/C19H37N3O2S/c1-4-20-18(21-15-19(10-11-19)12-13-24-5-2)22-16-8-7-9-17(14-16)25(23)6-3/h16-17H,4-15H2,1-3H3,(H2,20,21,22). The zero-order valence-corrected chi connectivity index (χ0v) is 17.1. The third-order valence-electron chi connectivity index (χ3n) is 5.48. The molecular weight excluding hydrogens is 334 g/mol. The summed E-state index contributed by atoms with van der Waals surface area (Å²) in [4.78, 5) is 4.87. The number of rotatable bonds is 10. The molecule has 3 atom stereocenters. The van der Waals surface area contributed by atoms with E-state index in [1.807, 2.05) is 13.8 Å². The Morgan fingerprint density at radius 3 is 2.72 bits per heavy atom. The average Bonchev–Trinajstić information content (AvgIpc) is 3.40. The van der Waals surface area contributed by atoms with Gasteiger partial charge in [0.2, 0.25) is 0 Å². The summed E-state index contributed by atoms with van der Waals surface area (Å²) in [5.41, 5.74) is 0.371. The van der Waals surface area contributed by atoms with E-state index < -0.39 is 10.8 Å². The van der Waals surface area contributed by atoms with Gasteiger partial charge in [-0.3, -0.25) is 9.20 Å². The molecule has 2 aliphatic rings. The number of ether oxygens (including phenoxy) is 1. The number of aliphatic imine (C=N–C) groups is 1. The molecule has 3 unspecified atom stereocenters. The molecule has 0 bridgehead atoms. The van der Waals surface area contributed by atoms with Gasteiger partial charge in [-0.25, -0.2) is 0 Å². The molecule has 2 rings (SSSR count). The van der Waals surface area contributed by atoms with Gasteiger partial charge in [-0.2, -0.15) is 0 Å². The molecule has 6 heteroatoms. The highest BCUT2D eigenvalue weighted by Gasteiger charge is 2.42. The largest absolute Gasteiger partial charge is 0.382 e. The van der Waals surface area contributed by atoms with Crippen LogP contribution in [0.4, 0.5) is 0 Å². The molecule has 0 aliphatic heterocycles. The van der Waals surface area contributed by atoms with E-state index in [4.69, 9.17) is 9.73 Å². The van der Waals surface area contributed by atoms with E-state index in [9.17, 15) is 4.21 Å². The van der Waals surface area contributed by atoms with Gasteiger partial charge in [-0.05, 0) is 57.8 Å². The average molecular weight is 372 g/mol. The van der Waals surface area contributed by atoms with Crippen molar-refractivity contribution in [3.05, 3.63) is 0 Å². The van der Waals surface area contributed by atoms with Crippen molar-refractivity contribution in [1.29, 1.82) is 0 Å². The van der Waals surface area contributed by atoms with Gasteiger partial charge < -0.3 is 15.4 Å². The van der Waals surface area contributed by atoms with E-state index in [1.54, 1.807) is 0 Å². The molecule has 0 heterocycles. The van der Waals surface area contributed by atoms with Crippen LogP contribution in [0.3, 0.4) is 0 Å². The summed E-state index contributed by atoms with van der Waals surface area (Å²) in [5, 5.41) is 7.34. The van der Waals surface area contributed by atoms with E-state index in [1.165, 1.54) is 12.8 Å². The monoisotopic (exact) mass is 371 g/mol. The lowest BCUT2D eigenvalue weighted by Crippen LogP contribution is -2.46. The van der Waals surface area contributed by atoms with Crippen LogP contribution in [0.5, 0.6) is 0 Å². The minimum Gasteiger partial charge on any atom is -0.382 e. The van der Waals surface area contributed by atoms with Crippen LogP contribution in [0.25, 0.3) is 0 Å². The maximum Gasteiger partial charge on any atom is 0.191 e. The van der Waals surface area contributed by atoms with Gasteiger partial charge in [0, 0.05) is 54.1 Å². The number of nitrogens with one attached hydrogen (secondary N) is 2. The first kappa shape index (κ1) is 20.7. The number of nitrogens with zero attached hydrogens (tertiary/aromatic N) is 1. The first-order chi connectivity index (χ1) is 12.1. The lowest BCUT2D eigenvalue weighted by molar-refractivity contribution is 0.129. The van der Waals surface area contributed by atoms with E-state index in [0.29, 0.717) is 16.7 Å². The molecule has 0 aromatic heterocycles. The number of hydrogen-bond acceptors (Lipinski definition) is 3. The van der Waals surface area contributed by atoms with Crippen LogP contribution < -0.4 is 10.6 Å². The van der Waals surface area contributed by atoms with Crippen molar-refractivity contribution in [2.75, 3.05) is 32.1 Å². The number of guanidine groups is 1. The van der Waals surface area contributed by atoms with Gasteiger partial charge in [0.1, 0.15) is 0 Å². The maximum atomic E-state index is 12.1. The zero-order chi connectivity index (χ0) is 18.1. The van der Waals surface area contributed by atoms with Crippen molar-refractivity contribution >= 4 is 16.8 Å². The SMILES string of the molecule is CCNC(=NCC1(CCOCC)CC1)NC1CCCC(S(=O)CC)C1. The van der Waals surface area contributed by atoms with Crippen LogP contribution in [0.1, 0.15) is 65.7 Å². The van der Waals surface area contributed by atoms with E-state index in [2.05, 4.69) is 17.6 Å². The molecule has 2 fully saturated rings. The smallest absolute Gasteiger partial charge is 0.191 e. The fourth-order valence-corrected chi connectivity index (χ4v) is 4.96. The summed E-state index contributed by atoms with van der Waals surface area (Å²) < 4.78 is 17.7. The highest BCUT2D eigenvalue weighted by molar-refractivity contribution is 7.85. The molecule has 2 N–H and O–H groups in total. The maximum absolute atomic E-state index is 12.1. The third-order valence-corrected chi connectivity index (χ3v) is 7.22. The first-order valence-electron chi connectivity index (χ1n) is 10.1. The Labute approximate surface area is 156 Å². The predicted octanol–water partition coefficient (Wildman–Crippen LogP) is 2.83. The van der Waals surface area contributed by atoms with Crippen molar-refractivity contribution < 1.29 is 8.95 Å². The summed E-state index contributed by atoms with van der Waals surface area (Å²) >= 11 is 0. The van der Waals surface area contributed by atoms with Gasteiger partial charge in [-0.15, -0.1) is 0 Å². The van der Waals surface area contributed by atoms with Crippen molar-refractivity contribution in [2.24, 2.45) is 10.4 Å². The lowest BCUT2D eigenvalue weighted by atomic mass is 9.95. The van der Waals surface area contributed by atoms with Crippen molar-refractivity contribution in [2.45, 2.75) is 77.0 Å². The summed E-state index contributed by atoms with van der Waals surface area (Å²) in [5.74, 6) is 1.70. The van der Waals surface area contributed by atoms with Crippen LogP contribution in [0.2, 0.25) is 0 Å². The van der Waals surface area contributed by atoms with Gasteiger partial charge in [0.15, 0.2) is 5.96 Å². The molecule has 0 spiro atoms. The summed E-state index contributed by atoms with van der Waals surface area (Å²) in [6.07, 6.45) is 8.06. The third kappa shape index (κ3) is 6.89. The second-order valence-corrected chi connectivity index (χ2v) is 9.45. The predicted molar refractivity (Wildman–Crippen MR) is 107 cm³/mol. The Hall–Kier alpha value is -0.620. The number of hydrogen-bond donors (Lipinski definition) is 2. The van der Waals surface area contributed by atoms with E-state index >= 15 is 0 Å². The van der Waals surface area contributed by atoms with E-state index in [-0.39, 0.29) is 0 Å². The molecule has 0 aromatic rings. The van der Waals surface area contributed by atoms with Gasteiger partial charge in [0.25, 0.3) is 0 Å². The zero-order valence-electron chi connectivity index (χ0n) is 16.3. The Bertz CT molecular complexity index is 452. The first-order valence-corrected chi connectivity index (χ1v) is 11.5. The molecule has 146 valence electrons. The Kier molecular flexibility index (Phi) is 8.70. The molecule has 2 saturated carbocycles. The molecule has 0 saturated heterocycles. The van der Waals surface area contributed by atoms with Crippen LogP contribution in [-0.4, -0.2) is 53.5 Å². The van der Waals surface area contributed by atoms with Gasteiger partial charge >= 0.3 is 0 Å². The molecule has 0 amide bonds. The molecule has 2 aliphatic carbocycles. The van der Waals surface area contributed by atoms with E-state index in [0.717, 1.165) is 70.1 Å². The fourth-order valence-electron chi connectivity index (χ4n) is 3.61. The Morgan fingerprint density at radius 2 is 2.08 bits per heavy atom. The lowest BCUT2D eigenvalue weighted by Gasteiger charge is -2.30. The summed E-state index contributed by atoms with van der Waals surface area (Å²) in [7, 11) is -0.680. The molecule has 5 nitrogen and oxygen atoms in total. The van der Waals surface area contributed by atoms with Crippen LogP contribution in [-0.2, 0) is 15.5 Å². The topological polar surface area (TPSA) is 62.7 Å². The molecule has 25 heavy (non-hydrogen) atoms. The highest BCUT2D eigenvalue weighted by atomic mass is 32.2. The van der Waals surface area contributed by atoms with Gasteiger partial charge in [0.05, 0.1) is 0 Å². The summed E-state index contributed by atoms with van der Waals surface area (Å²) in [6.45, 7) is 9.58. The van der Waals surface area contributed by atoms with Crippen LogP contribution in [0.15, 0.2) is 4.99 Å². The van der Waals surface area contributed by atoms with Crippen molar-refractivity contribution in [1.82, 2.24) is 10.6 Å². The summed E-state index contributed by atoms with van der Waals surface area (Å²) in [6, 6.07) is 0.394. The van der Waals surface area contributed by atoms with Crippen molar-refractivity contribution in [3.8, 4) is 0 Å². The quantitative estimate of drug-likeness (QED) is 0.352. The molecule has 0 aromatic carbocycles. The van der Waals surface area contributed by atoms with Crippen LogP contribution in [0, 0.1) is 5.41 Å². The van der Waals surface area contributed by atoms with Crippen molar-refractivity contribution in [3.63, 3.8) is 0 Å². The normalized spacial score (nSPS) is 26.9. The Morgan fingerprint density at radius 1 is 1.28 bits per heavy atom. The minimum atomic E-state index is -0.680. The molecular formula is C19H37N3O2S. The minimum absolute atomic E-state index is 0.347. The molecule has 0 radical (unpaired) electrons. The highest BCUT2D eigenvalue weighted by Crippen LogP contribution is 2.49. The Balaban J connectivity index is 1.86. The second-order valence-electron chi connectivity index (χ2n) is 7.44. The van der Waals surface area contributed by atoms with Gasteiger partial charge in [-0.1, -0.05) is 13.3 Å². The fraction of sp³-hybridized carbons (Fsp3) is 0.947. The van der Waals surface area contributed by atoms with Crippen LogP contribution >= 0.6 is 0 Å².